The van der Waals surface area contributed by atoms with Crippen LogP contribution < -0.4 is 5.73 Å². The summed E-state index contributed by atoms with van der Waals surface area (Å²) in [6.07, 6.45) is 0.603. The molecule has 1 atom stereocenters. The number of hydrogen-bond acceptors (Lipinski definition) is 4. The molecule has 0 radical (unpaired) electrons. The van der Waals surface area contributed by atoms with Crippen LogP contribution >= 0.6 is 0 Å². The van der Waals surface area contributed by atoms with Gasteiger partial charge in [0.2, 0.25) is 10.0 Å². The topological polar surface area (TPSA) is 83.7 Å². The predicted octanol–water partition coefficient (Wildman–Crippen LogP) is 2.16. The highest BCUT2D eigenvalue weighted by molar-refractivity contribution is 7.89. The molecule has 0 heterocycles. The standard InChI is InChI=1S/C18H31N3O3S/c1-6-21(7-2)18(22)15-8-10-16(11-9-15)25(23,24)20(5)13-12-17(19)14(3)4/h8-11,14,17H,6-7,12-13,19H2,1-5H3. The first kappa shape index (κ1) is 21.6. The van der Waals surface area contributed by atoms with E-state index in [4.69, 9.17) is 5.73 Å². The number of benzene rings is 1. The van der Waals surface area contributed by atoms with Crippen molar-refractivity contribution in [2.75, 3.05) is 26.7 Å². The highest BCUT2D eigenvalue weighted by Crippen LogP contribution is 2.17. The fraction of sp³-hybridized carbons (Fsp3) is 0.611. The number of carbonyl (C=O) groups is 1. The first-order valence-corrected chi connectivity index (χ1v) is 10.2. The quantitative estimate of drug-likeness (QED) is 0.723. The Morgan fingerprint density at radius 3 is 2.08 bits per heavy atom. The first-order chi connectivity index (χ1) is 11.6. The monoisotopic (exact) mass is 369 g/mol. The number of carbonyl (C=O) groups excluding carboxylic acids is 1. The molecule has 0 aliphatic rings. The van der Waals surface area contributed by atoms with Crippen molar-refractivity contribution in [1.29, 1.82) is 0 Å². The summed E-state index contributed by atoms with van der Waals surface area (Å²) in [5.74, 6) is 0.215. The Hall–Kier alpha value is -1.44. The average Bonchev–Trinajstić information content (AvgIpc) is 2.60. The molecule has 0 aliphatic carbocycles. The molecule has 7 heteroatoms. The van der Waals surface area contributed by atoms with Gasteiger partial charge in [-0.3, -0.25) is 4.79 Å². The van der Waals surface area contributed by atoms with E-state index in [2.05, 4.69) is 0 Å². The lowest BCUT2D eigenvalue weighted by Gasteiger charge is -2.22. The zero-order valence-electron chi connectivity index (χ0n) is 15.9. The van der Waals surface area contributed by atoms with Crippen LogP contribution in [0.3, 0.4) is 0 Å². The normalized spacial score (nSPS) is 13.3. The van der Waals surface area contributed by atoms with Gasteiger partial charge in [-0.25, -0.2) is 12.7 Å². The summed E-state index contributed by atoms with van der Waals surface area (Å²) in [6, 6.07) is 6.09. The molecule has 6 nitrogen and oxygen atoms in total. The molecule has 2 N–H and O–H groups in total. The van der Waals surface area contributed by atoms with Crippen molar-refractivity contribution in [2.45, 2.75) is 45.1 Å². The Morgan fingerprint density at radius 1 is 1.12 bits per heavy atom. The van der Waals surface area contributed by atoms with E-state index in [1.54, 1.807) is 24.1 Å². The zero-order chi connectivity index (χ0) is 19.2. The van der Waals surface area contributed by atoms with Gasteiger partial charge in [0, 0.05) is 38.3 Å². The summed E-state index contributed by atoms with van der Waals surface area (Å²) >= 11 is 0. The van der Waals surface area contributed by atoms with Crippen molar-refractivity contribution >= 4 is 15.9 Å². The third-order valence-corrected chi connectivity index (χ3v) is 6.36. The van der Waals surface area contributed by atoms with E-state index in [9.17, 15) is 13.2 Å². The summed E-state index contributed by atoms with van der Waals surface area (Å²) in [5, 5.41) is 0. The maximum atomic E-state index is 12.6. The van der Waals surface area contributed by atoms with Gasteiger partial charge in [0.05, 0.1) is 4.90 Å². The molecule has 0 saturated carbocycles. The Morgan fingerprint density at radius 2 is 1.64 bits per heavy atom. The zero-order valence-corrected chi connectivity index (χ0v) is 16.7. The fourth-order valence-electron chi connectivity index (χ4n) is 2.43. The number of nitrogens with zero attached hydrogens (tertiary/aromatic N) is 2. The van der Waals surface area contributed by atoms with E-state index in [1.165, 1.54) is 16.4 Å². The number of rotatable bonds is 9. The van der Waals surface area contributed by atoms with E-state index in [0.717, 1.165) is 0 Å². The summed E-state index contributed by atoms with van der Waals surface area (Å²) in [4.78, 5) is 14.2. The molecule has 0 aliphatic heterocycles. The van der Waals surface area contributed by atoms with Crippen LogP contribution in [0.15, 0.2) is 29.2 Å². The SMILES string of the molecule is CCN(CC)C(=O)c1ccc(S(=O)(=O)N(C)CCC(N)C(C)C)cc1. The first-order valence-electron chi connectivity index (χ1n) is 8.76. The van der Waals surface area contributed by atoms with Gasteiger partial charge >= 0.3 is 0 Å². The largest absolute Gasteiger partial charge is 0.339 e. The van der Waals surface area contributed by atoms with E-state index in [-0.39, 0.29) is 16.8 Å². The van der Waals surface area contributed by atoms with E-state index in [1.807, 2.05) is 27.7 Å². The Kier molecular flexibility index (Phi) is 8.05. The van der Waals surface area contributed by atoms with Crippen LogP contribution in [0.2, 0.25) is 0 Å². The van der Waals surface area contributed by atoms with Gasteiger partial charge in [-0.05, 0) is 50.5 Å². The Bertz CT molecular complexity index is 653. The smallest absolute Gasteiger partial charge is 0.253 e. The van der Waals surface area contributed by atoms with E-state index < -0.39 is 10.0 Å². The van der Waals surface area contributed by atoms with Crippen molar-refractivity contribution in [3.63, 3.8) is 0 Å². The molecule has 0 aromatic heterocycles. The van der Waals surface area contributed by atoms with Crippen LogP contribution in [0, 0.1) is 5.92 Å². The molecular formula is C18H31N3O3S. The average molecular weight is 370 g/mol. The lowest BCUT2D eigenvalue weighted by molar-refractivity contribution is 0.0773. The molecule has 0 fully saturated rings. The maximum Gasteiger partial charge on any atom is 0.253 e. The van der Waals surface area contributed by atoms with Crippen molar-refractivity contribution in [3.8, 4) is 0 Å². The maximum absolute atomic E-state index is 12.6. The number of sulfonamides is 1. The molecule has 1 rings (SSSR count). The number of amides is 1. The molecule has 1 aromatic carbocycles. The van der Waals surface area contributed by atoms with Crippen molar-refractivity contribution in [2.24, 2.45) is 11.7 Å². The lowest BCUT2D eigenvalue weighted by atomic mass is 10.0. The van der Waals surface area contributed by atoms with Gasteiger partial charge in [-0.2, -0.15) is 0 Å². The van der Waals surface area contributed by atoms with Crippen LogP contribution in [-0.2, 0) is 10.0 Å². The van der Waals surface area contributed by atoms with Gasteiger partial charge < -0.3 is 10.6 Å². The van der Waals surface area contributed by atoms with Crippen LogP contribution in [-0.4, -0.2) is 56.3 Å². The minimum atomic E-state index is -3.58. The van der Waals surface area contributed by atoms with Crippen molar-refractivity contribution in [3.05, 3.63) is 29.8 Å². The highest BCUT2D eigenvalue weighted by Gasteiger charge is 2.22. The second-order valence-corrected chi connectivity index (χ2v) is 8.57. The van der Waals surface area contributed by atoms with Gasteiger partial charge in [-0.1, -0.05) is 13.8 Å². The number of hydrogen-bond donors (Lipinski definition) is 1. The van der Waals surface area contributed by atoms with E-state index in [0.29, 0.717) is 37.5 Å². The van der Waals surface area contributed by atoms with Crippen molar-refractivity contribution < 1.29 is 13.2 Å². The molecular weight excluding hydrogens is 338 g/mol. The summed E-state index contributed by atoms with van der Waals surface area (Å²) < 4.78 is 26.6. The van der Waals surface area contributed by atoms with Gasteiger partial charge in [0.25, 0.3) is 5.91 Å². The molecule has 1 unspecified atom stereocenters. The Labute approximate surface area is 152 Å². The second-order valence-electron chi connectivity index (χ2n) is 6.52. The summed E-state index contributed by atoms with van der Waals surface area (Å²) in [5.41, 5.74) is 6.48. The summed E-state index contributed by atoms with van der Waals surface area (Å²) in [7, 11) is -2.03. The third-order valence-electron chi connectivity index (χ3n) is 4.49. The van der Waals surface area contributed by atoms with Gasteiger partial charge in [0.15, 0.2) is 0 Å². The summed E-state index contributed by atoms with van der Waals surface area (Å²) in [6.45, 7) is 9.47. The van der Waals surface area contributed by atoms with Gasteiger partial charge in [-0.15, -0.1) is 0 Å². The molecule has 0 saturated heterocycles. The predicted molar refractivity (Wildman–Crippen MR) is 101 cm³/mol. The lowest BCUT2D eigenvalue weighted by Crippen LogP contribution is -2.34. The molecule has 1 aromatic rings. The molecule has 25 heavy (non-hydrogen) atoms. The molecule has 142 valence electrons. The molecule has 0 spiro atoms. The van der Waals surface area contributed by atoms with Crippen LogP contribution in [0.5, 0.6) is 0 Å². The third kappa shape index (κ3) is 5.52. The van der Waals surface area contributed by atoms with Crippen LogP contribution in [0.4, 0.5) is 0 Å². The highest BCUT2D eigenvalue weighted by atomic mass is 32.2. The minimum absolute atomic E-state index is 0.0354. The van der Waals surface area contributed by atoms with Crippen LogP contribution in [0.1, 0.15) is 44.5 Å². The van der Waals surface area contributed by atoms with Crippen LogP contribution in [0.25, 0.3) is 0 Å². The molecule has 0 bridgehead atoms. The Balaban J connectivity index is 2.87. The van der Waals surface area contributed by atoms with Gasteiger partial charge in [0.1, 0.15) is 0 Å². The molecule has 1 amide bonds. The van der Waals surface area contributed by atoms with E-state index >= 15 is 0 Å². The minimum Gasteiger partial charge on any atom is -0.339 e. The van der Waals surface area contributed by atoms with Crippen molar-refractivity contribution in [1.82, 2.24) is 9.21 Å². The second kappa shape index (κ2) is 9.31. The fourth-order valence-corrected chi connectivity index (χ4v) is 3.61. The number of nitrogens with two attached hydrogens (primary N) is 1.